The van der Waals surface area contributed by atoms with Crippen LogP contribution in [0.5, 0.6) is 0 Å². The van der Waals surface area contributed by atoms with Gasteiger partial charge in [0.2, 0.25) is 0 Å². The van der Waals surface area contributed by atoms with Crippen molar-refractivity contribution in [2.45, 2.75) is 38.8 Å². The predicted molar refractivity (Wildman–Crippen MR) is 90.3 cm³/mol. The Morgan fingerprint density at radius 1 is 1.29 bits per heavy atom. The Labute approximate surface area is 132 Å². The van der Waals surface area contributed by atoms with Gasteiger partial charge in [-0.2, -0.15) is 0 Å². The molecule has 0 radical (unpaired) electrons. The van der Waals surface area contributed by atoms with Crippen molar-refractivity contribution in [3.8, 4) is 0 Å². The van der Waals surface area contributed by atoms with Gasteiger partial charge in [0.15, 0.2) is 0 Å². The van der Waals surface area contributed by atoms with Crippen molar-refractivity contribution in [3.05, 3.63) is 39.7 Å². The van der Waals surface area contributed by atoms with Crippen molar-refractivity contribution in [2.24, 2.45) is 0 Å². The third kappa shape index (κ3) is 2.56. The van der Waals surface area contributed by atoms with Crippen LogP contribution in [-0.4, -0.2) is 16.0 Å². The topological polar surface area (TPSA) is 29.0 Å². The minimum absolute atomic E-state index is 0.648. The minimum atomic E-state index is 0.648. The monoisotopic (exact) mass is 315 g/mol. The average molecular weight is 315 g/mol. The number of thiophene rings is 2. The Kier molecular flexibility index (Phi) is 3.39. The fourth-order valence-corrected chi connectivity index (χ4v) is 4.26. The first-order valence-electron chi connectivity index (χ1n) is 7.37. The molecule has 0 N–H and O–H groups in total. The molecule has 21 heavy (non-hydrogen) atoms. The standard InChI is InChI=1S/C16H17N3S2/c1-2-12-8-14-15(17-10-18-16(14)21-12)19(11-5-6-11)9-13-4-3-7-20-13/h3-4,7-8,10-11H,2,5-6,9H2,1H3. The van der Waals surface area contributed by atoms with Gasteiger partial charge in [0.05, 0.1) is 11.9 Å². The fourth-order valence-electron chi connectivity index (χ4n) is 2.63. The molecule has 0 spiro atoms. The van der Waals surface area contributed by atoms with E-state index in [4.69, 9.17) is 0 Å². The van der Waals surface area contributed by atoms with E-state index < -0.39 is 0 Å². The van der Waals surface area contributed by atoms with Crippen molar-refractivity contribution < 1.29 is 0 Å². The lowest BCUT2D eigenvalue weighted by Crippen LogP contribution is -2.25. The van der Waals surface area contributed by atoms with Crippen molar-refractivity contribution in [1.82, 2.24) is 9.97 Å². The van der Waals surface area contributed by atoms with Crippen molar-refractivity contribution >= 4 is 38.7 Å². The number of anilines is 1. The zero-order chi connectivity index (χ0) is 14.2. The molecule has 3 aromatic rings. The van der Waals surface area contributed by atoms with Gasteiger partial charge in [-0.15, -0.1) is 22.7 Å². The molecule has 0 aromatic carbocycles. The maximum absolute atomic E-state index is 4.62. The zero-order valence-corrected chi connectivity index (χ0v) is 13.6. The number of nitrogens with zero attached hydrogens (tertiary/aromatic N) is 3. The third-order valence-corrected chi connectivity index (χ3v) is 5.92. The molecule has 0 saturated heterocycles. The van der Waals surface area contributed by atoms with Gasteiger partial charge in [0, 0.05) is 15.8 Å². The molecule has 0 atom stereocenters. The van der Waals surface area contributed by atoms with E-state index in [0.29, 0.717) is 6.04 Å². The molecule has 1 aliphatic carbocycles. The largest absolute Gasteiger partial charge is 0.348 e. The van der Waals surface area contributed by atoms with E-state index >= 15 is 0 Å². The summed E-state index contributed by atoms with van der Waals surface area (Å²) in [7, 11) is 0. The van der Waals surface area contributed by atoms with Crippen LogP contribution in [0.25, 0.3) is 10.2 Å². The lowest BCUT2D eigenvalue weighted by atomic mass is 10.2. The molecule has 3 heterocycles. The molecule has 108 valence electrons. The van der Waals surface area contributed by atoms with E-state index in [2.05, 4.69) is 45.4 Å². The van der Waals surface area contributed by atoms with Crippen LogP contribution >= 0.6 is 22.7 Å². The Morgan fingerprint density at radius 3 is 2.90 bits per heavy atom. The van der Waals surface area contributed by atoms with Crippen molar-refractivity contribution in [3.63, 3.8) is 0 Å². The van der Waals surface area contributed by atoms with Gasteiger partial charge in [0.25, 0.3) is 0 Å². The highest BCUT2D eigenvalue weighted by molar-refractivity contribution is 7.18. The second kappa shape index (κ2) is 5.39. The highest BCUT2D eigenvalue weighted by atomic mass is 32.1. The van der Waals surface area contributed by atoms with Crippen LogP contribution in [0.3, 0.4) is 0 Å². The summed E-state index contributed by atoms with van der Waals surface area (Å²) in [6.07, 6.45) is 5.34. The van der Waals surface area contributed by atoms with Crippen LogP contribution in [0.2, 0.25) is 0 Å². The molecule has 0 unspecified atom stereocenters. The highest BCUT2D eigenvalue weighted by Gasteiger charge is 2.31. The molecule has 3 nitrogen and oxygen atoms in total. The maximum atomic E-state index is 4.62. The maximum Gasteiger partial charge on any atom is 0.141 e. The van der Waals surface area contributed by atoms with Gasteiger partial charge in [0.1, 0.15) is 17.0 Å². The molecule has 1 saturated carbocycles. The summed E-state index contributed by atoms with van der Waals surface area (Å²) >= 11 is 3.62. The predicted octanol–water partition coefficient (Wildman–Crippen LogP) is 4.48. The van der Waals surface area contributed by atoms with Gasteiger partial charge in [-0.05, 0) is 36.8 Å². The Balaban J connectivity index is 1.76. The first-order chi connectivity index (χ1) is 10.3. The molecule has 0 aliphatic heterocycles. The molecule has 0 bridgehead atoms. The lowest BCUT2D eigenvalue weighted by molar-refractivity contribution is 0.789. The van der Waals surface area contributed by atoms with E-state index in [9.17, 15) is 0 Å². The first-order valence-corrected chi connectivity index (χ1v) is 9.07. The summed E-state index contributed by atoms with van der Waals surface area (Å²) in [4.78, 5) is 15.5. The van der Waals surface area contributed by atoms with E-state index in [0.717, 1.165) is 23.6 Å². The van der Waals surface area contributed by atoms with E-state index in [1.807, 2.05) is 11.3 Å². The molecule has 1 fully saturated rings. The van der Waals surface area contributed by atoms with Gasteiger partial charge < -0.3 is 4.90 Å². The van der Waals surface area contributed by atoms with Gasteiger partial charge in [-0.25, -0.2) is 9.97 Å². The smallest absolute Gasteiger partial charge is 0.141 e. The van der Waals surface area contributed by atoms with Crippen molar-refractivity contribution in [1.29, 1.82) is 0 Å². The summed E-state index contributed by atoms with van der Waals surface area (Å²) in [6.45, 7) is 3.16. The van der Waals surface area contributed by atoms with Crippen LogP contribution in [0.15, 0.2) is 29.9 Å². The first kappa shape index (κ1) is 13.2. The van der Waals surface area contributed by atoms with Gasteiger partial charge >= 0.3 is 0 Å². The lowest BCUT2D eigenvalue weighted by Gasteiger charge is -2.23. The van der Waals surface area contributed by atoms with E-state index in [-0.39, 0.29) is 0 Å². The van der Waals surface area contributed by atoms with E-state index in [1.165, 1.54) is 28.0 Å². The molecular weight excluding hydrogens is 298 g/mol. The normalized spacial score (nSPS) is 14.7. The number of fused-ring (bicyclic) bond motifs is 1. The number of aryl methyl sites for hydroxylation is 1. The highest BCUT2D eigenvalue weighted by Crippen LogP contribution is 2.37. The summed E-state index contributed by atoms with van der Waals surface area (Å²) in [5.41, 5.74) is 0. The van der Waals surface area contributed by atoms with Crippen LogP contribution < -0.4 is 4.90 Å². The summed E-state index contributed by atoms with van der Waals surface area (Å²) < 4.78 is 0. The van der Waals surface area contributed by atoms with Gasteiger partial charge in [-0.3, -0.25) is 0 Å². The molecular formula is C16H17N3S2. The zero-order valence-electron chi connectivity index (χ0n) is 12.0. The SMILES string of the molecule is CCc1cc2c(N(Cc3cccs3)C3CC3)ncnc2s1. The molecule has 3 aromatic heterocycles. The van der Waals surface area contributed by atoms with Crippen LogP contribution in [0, 0.1) is 0 Å². The van der Waals surface area contributed by atoms with Crippen LogP contribution in [0.4, 0.5) is 5.82 Å². The van der Waals surface area contributed by atoms with Crippen LogP contribution in [-0.2, 0) is 13.0 Å². The Morgan fingerprint density at radius 2 is 2.19 bits per heavy atom. The third-order valence-electron chi connectivity index (χ3n) is 3.87. The number of aromatic nitrogens is 2. The van der Waals surface area contributed by atoms with Gasteiger partial charge in [-0.1, -0.05) is 13.0 Å². The number of rotatable bonds is 5. The second-order valence-electron chi connectivity index (χ2n) is 5.42. The average Bonchev–Trinajstić information content (AvgIpc) is 3.05. The summed E-state index contributed by atoms with van der Waals surface area (Å²) in [5.74, 6) is 1.12. The number of hydrogen-bond acceptors (Lipinski definition) is 5. The Hall–Kier alpha value is -1.46. The minimum Gasteiger partial charge on any atom is -0.348 e. The number of hydrogen-bond donors (Lipinski definition) is 0. The van der Waals surface area contributed by atoms with E-state index in [1.54, 1.807) is 17.7 Å². The molecule has 4 rings (SSSR count). The summed E-state index contributed by atoms with van der Waals surface area (Å²) in [5, 5.41) is 3.37. The van der Waals surface area contributed by atoms with Crippen molar-refractivity contribution in [2.75, 3.05) is 4.90 Å². The molecule has 5 heteroatoms. The second-order valence-corrected chi connectivity index (χ2v) is 7.57. The summed E-state index contributed by atoms with van der Waals surface area (Å²) in [6, 6.07) is 7.26. The quantitative estimate of drug-likeness (QED) is 0.695. The Bertz CT molecular complexity index is 744. The fraction of sp³-hybridized carbons (Fsp3) is 0.375. The molecule has 0 amide bonds. The molecule has 1 aliphatic rings. The van der Waals surface area contributed by atoms with Crippen LogP contribution in [0.1, 0.15) is 29.5 Å².